The molecule has 0 atom stereocenters. The molecule has 0 bridgehead atoms. The first kappa shape index (κ1) is 10.2. The maximum absolute atomic E-state index is 11.0. The van der Waals surface area contributed by atoms with E-state index in [2.05, 4.69) is 15.2 Å². The first-order chi connectivity index (χ1) is 5.38. The van der Waals surface area contributed by atoms with Gasteiger partial charge in [-0.3, -0.25) is 4.98 Å². The maximum atomic E-state index is 11.0. The summed E-state index contributed by atoms with van der Waals surface area (Å²) in [4.78, 5) is 14.8. The Morgan fingerprint density at radius 3 is 2.92 bits per heavy atom. The van der Waals surface area contributed by atoms with Crippen LogP contribution in [0, 0.1) is 0 Å². The zero-order valence-electron chi connectivity index (χ0n) is 6.56. The number of nitrogens with zero attached hydrogens (tertiary/aromatic N) is 3. The Morgan fingerprint density at radius 1 is 1.33 bits per heavy atom. The summed E-state index contributed by atoms with van der Waals surface area (Å²) in [7, 11) is 0. The van der Waals surface area contributed by atoms with Gasteiger partial charge in [-0.2, -0.15) is 0 Å². The van der Waals surface area contributed by atoms with E-state index in [1.165, 1.54) is 6.20 Å². The molecule has 0 radical (unpaired) electrons. The van der Waals surface area contributed by atoms with Crippen molar-refractivity contribution in [3.05, 3.63) is 35.0 Å². The summed E-state index contributed by atoms with van der Waals surface area (Å²) in [5.41, 5.74) is -0.324. The molecule has 4 nitrogen and oxygen atoms in total. The second-order valence-electron chi connectivity index (χ2n) is 2.11. The second kappa shape index (κ2) is 4.36. The Bertz CT molecular complexity index is 434. The largest absolute Gasteiger partial charge is 1.00 e. The van der Waals surface area contributed by atoms with Crippen LogP contribution in [0.1, 0.15) is 0 Å². The number of hydrogen-bond donors (Lipinski definition) is 0. The minimum absolute atomic E-state index is 0. The first-order valence-corrected chi connectivity index (χ1v) is 3.10. The van der Waals surface area contributed by atoms with Gasteiger partial charge in [0.05, 0.1) is 0 Å². The molecule has 0 saturated heterocycles. The van der Waals surface area contributed by atoms with E-state index >= 15 is 0 Å². The quantitative estimate of drug-likeness (QED) is 0.484. The Balaban J connectivity index is 0.000000720. The molecular formula is C7H4N3ORb. The number of rotatable bonds is 0. The first-order valence-electron chi connectivity index (χ1n) is 3.10. The number of aromatic nitrogens is 3. The van der Waals surface area contributed by atoms with Crippen molar-refractivity contribution in [2.45, 2.75) is 0 Å². The van der Waals surface area contributed by atoms with Crippen LogP contribution in [-0.4, -0.2) is 10.1 Å². The van der Waals surface area contributed by atoms with Gasteiger partial charge in [-0.05, 0) is 6.07 Å². The van der Waals surface area contributed by atoms with Crippen LogP contribution in [0.25, 0.3) is 10.8 Å². The van der Waals surface area contributed by atoms with Gasteiger partial charge in [0.2, 0.25) is 0 Å². The van der Waals surface area contributed by atoms with Crippen molar-refractivity contribution in [2.75, 3.05) is 0 Å². The molecule has 0 fully saturated rings. The smallest absolute Gasteiger partial charge is 0.540 e. The van der Waals surface area contributed by atoms with E-state index in [0.29, 0.717) is 5.39 Å². The third-order valence-corrected chi connectivity index (χ3v) is 1.43. The number of hydrogen-bond acceptors (Lipinski definition) is 3. The van der Waals surface area contributed by atoms with E-state index in [0.717, 1.165) is 5.39 Å². The molecule has 0 N–H and O–H groups in total. The summed E-state index contributed by atoms with van der Waals surface area (Å²) in [6.07, 6.45) is 4.65. The van der Waals surface area contributed by atoms with Crippen LogP contribution in [-0.2, 0) is 0 Å². The molecule has 0 saturated carbocycles. The molecule has 12 heavy (non-hydrogen) atoms. The summed E-state index contributed by atoms with van der Waals surface area (Å²) in [5.74, 6) is 0. The van der Waals surface area contributed by atoms with Gasteiger partial charge in [0, 0.05) is 29.4 Å². The van der Waals surface area contributed by atoms with Crippen molar-refractivity contribution >= 4 is 10.8 Å². The second-order valence-corrected chi connectivity index (χ2v) is 2.11. The van der Waals surface area contributed by atoms with Gasteiger partial charge in [-0.15, -0.1) is 0 Å². The van der Waals surface area contributed by atoms with Gasteiger partial charge in [0.1, 0.15) is 5.56 Å². The summed E-state index contributed by atoms with van der Waals surface area (Å²) in [5, 5.41) is 8.18. The van der Waals surface area contributed by atoms with Crippen molar-refractivity contribution in [2.24, 2.45) is 0 Å². The van der Waals surface area contributed by atoms with Crippen molar-refractivity contribution in [1.82, 2.24) is 15.2 Å². The van der Waals surface area contributed by atoms with Gasteiger partial charge in [-0.25, -0.2) is 0 Å². The third-order valence-electron chi connectivity index (χ3n) is 1.43. The summed E-state index contributed by atoms with van der Waals surface area (Å²) in [6.45, 7) is 0. The van der Waals surface area contributed by atoms with E-state index in [4.69, 9.17) is 0 Å². The number of pyridine rings is 1. The molecule has 54 valence electrons. The summed E-state index contributed by atoms with van der Waals surface area (Å²) in [6, 6.07) is 1.73. The van der Waals surface area contributed by atoms with Crippen molar-refractivity contribution in [3.63, 3.8) is 0 Å². The normalized spacial score (nSPS) is 9.33. The fourth-order valence-electron chi connectivity index (χ4n) is 0.894. The predicted molar refractivity (Wildman–Crippen MR) is 39.1 cm³/mol. The van der Waals surface area contributed by atoms with E-state index in [9.17, 15) is 4.79 Å². The molecule has 0 spiro atoms. The topological polar surface area (TPSA) is 57.0 Å². The Hall–Kier alpha value is 0.0952. The van der Waals surface area contributed by atoms with Gasteiger partial charge < -0.3 is 15.0 Å². The van der Waals surface area contributed by atoms with Crippen molar-refractivity contribution < 1.29 is 58.2 Å². The van der Waals surface area contributed by atoms with Crippen LogP contribution in [0.4, 0.5) is 0 Å². The maximum Gasteiger partial charge on any atom is 1.00 e. The minimum atomic E-state index is -0.324. The van der Waals surface area contributed by atoms with Crippen LogP contribution in [0.3, 0.4) is 0 Å². The molecule has 2 aromatic rings. The monoisotopic (exact) mass is 231 g/mol. The Kier molecular flexibility index (Phi) is 3.70. The SMILES string of the molecule is O=c1[n-]ncc2ccncc12.[Rb+]. The van der Waals surface area contributed by atoms with Gasteiger partial charge in [-0.1, -0.05) is 0 Å². The fourth-order valence-corrected chi connectivity index (χ4v) is 0.894. The molecule has 0 aliphatic carbocycles. The third kappa shape index (κ3) is 1.88. The summed E-state index contributed by atoms with van der Waals surface area (Å²) < 4.78 is 0. The van der Waals surface area contributed by atoms with E-state index in [1.54, 1.807) is 18.5 Å². The molecule has 0 aromatic carbocycles. The van der Waals surface area contributed by atoms with E-state index in [-0.39, 0.29) is 63.7 Å². The van der Waals surface area contributed by atoms with Crippen LogP contribution in [0.2, 0.25) is 0 Å². The molecule has 0 unspecified atom stereocenters. The molecule has 0 amide bonds. The molecule has 0 aliphatic heterocycles. The standard InChI is InChI=1S/C7H5N3O.Rb/c11-7-6-4-8-2-1-5(6)3-9-10-7;/h1-4H,(H,8,10,11);/q;+1/p-1. The Morgan fingerprint density at radius 2 is 2.17 bits per heavy atom. The molecule has 2 aromatic heterocycles. The predicted octanol–water partition coefficient (Wildman–Crippen LogP) is -3.05. The molecular weight excluding hydrogens is 228 g/mol. The van der Waals surface area contributed by atoms with Crippen molar-refractivity contribution in [1.29, 1.82) is 0 Å². The van der Waals surface area contributed by atoms with Gasteiger partial charge >= 0.3 is 58.2 Å². The van der Waals surface area contributed by atoms with Gasteiger partial charge in [0.15, 0.2) is 0 Å². The number of fused-ring (bicyclic) bond motifs is 1. The molecule has 2 rings (SSSR count). The Labute approximate surface area is 117 Å². The van der Waals surface area contributed by atoms with Crippen LogP contribution in [0.5, 0.6) is 0 Å². The molecule has 0 aliphatic rings. The van der Waals surface area contributed by atoms with Crippen LogP contribution >= 0.6 is 0 Å². The van der Waals surface area contributed by atoms with Crippen molar-refractivity contribution in [3.8, 4) is 0 Å². The van der Waals surface area contributed by atoms with Crippen LogP contribution < -0.4 is 68.8 Å². The zero-order chi connectivity index (χ0) is 7.68. The average molecular weight is 232 g/mol. The minimum Gasteiger partial charge on any atom is -0.540 e. The molecule has 2 heterocycles. The fraction of sp³-hybridized carbons (Fsp3) is 0. The van der Waals surface area contributed by atoms with Gasteiger partial charge in [0.25, 0.3) is 0 Å². The van der Waals surface area contributed by atoms with E-state index in [1.807, 2.05) is 0 Å². The summed E-state index contributed by atoms with van der Waals surface area (Å²) >= 11 is 0. The van der Waals surface area contributed by atoms with E-state index < -0.39 is 0 Å². The van der Waals surface area contributed by atoms with Crippen LogP contribution in [0.15, 0.2) is 29.5 Å². The zero-order valence-corrected chi connectivity index (χ0v) is 11.5. The molecule has 5 heteroatoms. The average Bonchev–Trinajstić information content (AvgIpc) is 2.06.